The monoisotopic (exact) mass is 456 g/mol. The van der Waals surface area contributed by atoms with Gasteiger partial charge in [-0.15, -0.1) is 4.73 Å². The Kier molecular flexibility index (Phi) is 6.93. The average molecular weight is 456 g/mol. The highest BCUT2D eigenvalue weighted by Gasteiger charge is 2.30. The van der Waals surface area contributed by atoms with E-state index < -0.39 is 29.7 Å². The van der Waals surface area contributed by atoms with Gasteiger partial charge in [-0.1, -0.05) is 91.0 Å². The van der Waals surface area contributed by atoms with Crippen LogP contribution in [-0.2, 0) is 16.0 Å². The number of carbonyl (C=O) groups excluding carboxylic acids is 2. The van der Waals surface area contributed by atoms with Crippen molar-refractivity contribution in [3.63, 3.8) is 0 Å². The maximum absolute atomic E-state index is 13.6. The second-order valence-electron chi connectivity index (χ2n) is 7.76. The molecule has 1 aromatic heterocycles. The first-order chi connectivity index (χ1) is 16.5. The summed E-state index contributed by atoms with van der Waals surface area (Å²) in [6.07, 6.45) is 0.157. The second kappa shape index (κ2) is 10.4. The van der Waals surface area contributed by atoms with Gasteiger partial charge in [0.05, 0.1) is 5.92 Å². The van der Waals surface area contributed by atoms with Gasteiger partial charge in [-0.25, -0.2) is 4.79 Å². The summed E-state index contributed by atoms with van der Waals surface area (Å²) < 4.78 is 0.609. The van der Waals surface area contributed by atoms with E-state index in [-0.39, 0.29) is 12.3 Å². The van der Waals surface area contributed by atoms with E-state index in [0.29, 0.717) is 4.73 Å². The van der Waals surface area contributed by atoms with E-state index in [9.17, 15) is 19.8 Å². The molecule has 1 amide bonds. The number of aromatic nitrogens is 1. The van der Waals surface area contributed by atoms with Crippen LogP contribution in [-0.4, -0.2) is 32.9 Å². The third-order valence-corrected chi connectivity index (χ3v) is 5.39. The van der Waals surface area contributed by atoms with Crippen LogP contribution >= 0.6 is 0 Å². The zero-order chi connectivity index (χ0) is 23.9. The number of nitrogens with zero attached hydrogens (tertiary/aromatic N) is 1. The molecule has 0 unspecified atom stereocenters. The third kappa shape index (κ3) is 5.27. The Morgan fingerprint density at radius 1 is 0.735 bits per heavy atom. The van der Waals surface area contributed by atoms with Gasteiger partial charge in [0.1, 0.15) is 6.04 Å². The summed E-state index contributed by atoms with van der Waals surface area (Å²) in [4.78, 5) is 31.8. The molecule has 172 valence electrons. The van der Waals surface area contributed by atoms with Crippen molar-refractivity contribution in [3.8, 4) is 11.8 Å². The number of amides is 1. The van der Waals surface area contributed by atoms with Crippen LogP contribution in [0.1, 0.15) is 22.6 Å². The number of hydrogen-bond donors (Lipinski definition) is 3. The summed E-state index contributed by atoms with van der Waals surface area (Å²) in [5.74, 6) is -2.75. The van der Waals surface area contributed by atoms with Crippen molar-refractivity contribution in [3.05, 3.63) is 120 Å². The highest BCUT2D eigenvalue weighted by Crippen LogP contribution is 2.25. The zero-order valence-corrected chi connectivity index (χ0v) is 18.2. The molecule has 0 radical (unpaired) electrons. The molecule has 0 aliphatic carbocycles. The highest BCUT2D eigenvalue weighted by molar-refractivity contribution is 5.91. The molecule has 0 fully saturated rings. The summed E-state index contributed by atoms with van der Waals surface area (Å²) >= 11 is 0. The normalized spacial score (nSPS) is 11.7. The minimum Gasteiger partial charge on any atom is -0.492 e. The molecule has 34 heavy (non-hydrogen) atoms. The van der Waals surface area contributed by atoms with Gasteiger partial charge in [0, 0.05) is 18.6 Å². The Balaban J connectivity index is 1.63. The van der Waals surface area contributed by atoms with Crippen molar-refractivity contribution in [1.29, 1.82) is 0 Å². The average Bonchev–Trinajstić information content (AvgIpc) is 3.18. The predicted octanol–water partition coefficient (Wildman–Crippen LogP) is 3.41. The van der Waals surface area contributed by atoms with Gasteiger partial charge in [0.15, 0.2) is 0 Å². The summed E-state index contributed by atoms with van der Waals surface area (Å²) in [5, 5.41) is 22.5. The van der Waals surface area contributed by atoms with Gasteiger partial charge < -0.3 is 20.4 Å². The number of aromatic hydroxyl groups is 2. The van der Waals surface area contributed by atoms with Crippen molar-refractivity contribution in [1.82, 2.24) is 10.0 Å². The zero-order valence-electron chi connectivity index (χ0n) is 18.2. The van der Waals surface area contributed by atoms with Crippen molar-refractivity contribution < 1.29 is 24.6 Å². The van der Waals surface area contributed by atoms with Gasteiger partial charge in [-0.05, 0) is 16.7 Å². The van der Waals surface area contributed by atoms with Gasteiger partial charge in [-0.3, -0.25) is 4.79 Å². The number of carbonyl (C=O) groups is 2. The lowest BCUT2D eigenvalue weighted by Crippen LogP contribution is -2.47. The van der Waals surface area contributed by atoms with Crippen LogP contribution in [0.15, 0.2) is 103 Å². The number of benzene rings is 3. The van der Waals surface area contributed by atoms with E-state index in [4.69, 9.17) is 4.84 Å². The van der Waals surface area contributed by atoms with Crippen LogP contribution in [0.5, 0.6) is 11.8 Å². The molecule has 0 saturated carbocycles. The van der Waals surface area contributed by atoms with Crippen LogP contribution in [0, 0.1) is 0 Å². The second-order valence-corrected chi connectivity index (χ2v) is 7.76. The Bertz CT molecular complexity index is 1180. The van der Waals surface area contributed by atoms with E-state index in [1.807, 2.05) is 91.0 Å². The summed E-state index contributed by atoms with van der Waals surface area (Å²) in [6.45, 7) is 0. The molecule has 7 heteroatoms. The molecule has 4 aromatic rings. The fourth-order valence-corrected chi connectivity index (χ4v) is 3.73. The number of hydrogen-bond acceptors (Lipinski definition) is 5. The molecular weight excluding hydrogens is 432 g/mol. The molecule has 7 nitrogen and oxygen atoms in total. The molecule has 3 N–H and O–H groups in total. The molecule has 4 rings (SSSR count). The van der Waals surface area contributed by atoms with E-state index >= 15 is 0 Å². The third-order valence-electron chi connectivity index (χ3n) is 5.39. The minimum absolute atomic E-state index is 0.157. The first kappa shape index (κ1) is 22.7. The van der Waals surface area contributed by atoms with Crippen LogP contribution in [0.2, 0.25) is 0 Å². The van der Waals surface area contributed by atoms with Gasteiger partial charge in [0.2, 0.25) is 17.7 Å². The maximum Gasteiger partial charge on any atom is 0.355 e. The van der Waals surface area contributed by atoms with Crippen molar-refractivity contribution in [2.24, 2.45) is 0 Å². The van der Waals surface area contributed by atoms with Crippen LogP contribution < -0.4 is 10.2 Å². The van der Waals surface area contributed by atoms with Gasteiger partial charge in [0.25, 0.3) is 0 Å². The smallest absolute Gasteiger partial charge is 0.355 e. The largest absolute Gasteiger partial charge is 0.492 e. The van der Waals surface area contributed by atoms with Crippen molar-refractivity contribution >= 4 is 11.9 Å². The number of nitrogens with one attached hydrogen (secondary N) is 1. The molecule has 0 spiro atoms. The fourth-order valence-electron chi connectivity index (χ4n) is 3.73. The predicted molar refractivity (Wildman–Crippen MR) is 126 cm³/mol. The van der Waals surface area contributed by atoms with Gasteiger partial charge in [-0.2, -0.15) is 0 Å². The summed E-state index contributed by atoms with van der Waals surface area (Å²) in [7, 11) is 0. The lowest BCUT2D eigenvalue weighted by molar-refractivity contribution is -0.149. The number of rotatable bonds is 8. The molecule has 0 aliphatic rings. The van der Waals surface area contributed by atoms with Crippen LogP contribution in [0.4, 0.5) is 0 Å². The SMILES string of the molecule is O=C(N[C@@H](Cc1ccccc1)C(=O)On1c(O)ccc1O)C(c1ccccc1)c1ccccc1. The van der Waals surface area contributed by atoms with Gasteiger partial charge >= 0.3 is 5.97 Å². The maximum atomic E-state index is 13.6. The molecule has 3 aromatic carbocycles. The Hall–Kier alpha value is -4.52. The fraction of sp³-hybridized carbons (Fsp3) is 0.111. The van der Waals surface area contributed by atoms with E-state index in [1.165, 1.54) is 12.1 Å². The minimum atomic E-state index is -1.08. The molecular formula is C27H24N2O5. The first-order valence-electron chi connectivity index (χ1n) is 10.8. The van der Waals surface area contributed by atoms with Crippen molar-refractivity contribution in [2.75, 3.05) is 0 Å². The molecule has 0 saturated heterocycles. The summed E-state index contributed by atoms with van der Waals surface area (Å²) in [5.41, 5.74) is 2.36. The first-order valence-corrected chi connectivity index (χ1v) is 10.8. The Labute approximate surface area is 196 Å². The van der Waals surface area contributed by atoms with Crippen LogP contribution in [0.25, 0.3) is 0 Å². The molecule has 1 heterocycles. The van der Waals surface area contributed by atoms with Crippen LogP contribution in [0.3, 0.4) is 0 Å². The quantitative estimate of drug-likeness (QED) is 0.377. The van der Waals surface area contributed by atoms with E-state index in [0.717, 1.165) is 16.7 Å². The Morgan fingerprint density at radius 3 is 1.71 bits per heavy atom. The lowest BCUT2D eigenvalue weighted by Gasteiger charge is -2.23. The standard InChI is InChI=1S/C27H24N2O5/c30-23-16-17-24(31)29(23)34-27(33)22(18-19-10-4-1-5-11-19)28-26(32)25(20-12-6-2-7-13-20)21-14-8-3-9-15-21/h1-17,22,25,30-31H,18H2,(H,28,32)/t22-/m0/s1. The molecule has 1 atom stereocenters. The Morgan fingerprint density at radius 2 is 1.21 bits per heavy atom. The topological polar surface area (TPSA) is 101 Å². The van der Waals surface area contributed by atoms with Crippen molar-refractivity contribution in [2.45, 2.75) is 18.4 Å². The lowest BCUT2D eigenvalue weighted by atomic mass is 9.90. The summed E-state index contributed by atoms with van der Waals surface area (Å²) in [6, 6.07) is 29.1. The van der Waals surface area contributed by atoms with E-state index in [1.54, 1.807) is 0 Å². The van der Waals surface area contributed by atoms with E-state index in [2.05, 4.69) is 5.32 Å². The molecule has 0 aliphatic heterocycles. The molecule has 0 bridgehead atoms. The highest BCUT2D eigenvalue weighted by atomic mass is 16.7.